The molecule has 1 aliphatic rings. The molecule has 0 saturated heterocycles. The molecular weight excluding hydrogens is 324 g/mol. The van der Waals surface area contributed by atoms with E-state index in [9.17, 15) is 0 Å². The van der Waals surface area contributed by atoms with E-state index < -0.39 is 0 Å². The van der Waals surface area contributed by atoms with Crippen LogP contribution in [0.4, 0.5) is 0 Å². The molecule has 2 aromatic carbocycles. The minimum atomic E-state index is -0.112. The highest BCUT2D eigenvalue weighted by atomic mass is 16.5. The number of rotatable bonds is 8. The third kappa shape index (κ3) is 4.02. The van der Waals surface area contributed by atoms with Crippen molar-refractivity contribution >= 4 is 0 Å². The molecule has 4 nitrogen and oxygen atoms in total. The van der Waals surface area contributed by atoms with E-state index in [1.54, 1.807) is 0 Å². The van der Waals surface area contributed by atoms with E-state index in [1.807, 2.05) is 32.0 Å². The van der Waals surface area contributed by atoms with Gasteiger partial charge < -0.3 is 20.5 Å². The van der Waals surface area contributed by atoms with E-state index in [2.05, 4.69) is 29.6 Å². The summed E-state index contributed by atoms with van der Waals surface area (Å²) in [7, 11) is 0. The smallest absolute Gasteiger partial charge is 0.123 e. The van der Waals surface area contributed by atoms with Crippen LogP contribution in [0.2, 0.25) is 0 Å². The fourth-order valence-electron chi connectivity index (χ4n) is 3.77. The molecule has 0 bridgehead atoms. The van der Waals surface area contributed by atoms with Crippen molar-refractivity contribution in [1.29, 1.82) is 0 Å². The Morgan fingerprint density at radius 3 is 2.23 bits per heavy atom. The molecule has 0 aliphatic heterocycles. The van der Waals surface area contributed by atoms with Crippen molar-refractivity contribution in [3.05, 3.63) is 59.2 Å². The van der Waals surface area contributed by atoms with Crippen LogP contribution in [-0.4, -0.2) is 25.3 Å². The molecule has 1 atom stereocenters. The summed E-state index contributed by atoms with van der Waals surface area (Å²) >= 11 is 0. The maximum absolute atomic E-state index is 6.25. The molecule has 0 radical (unpaired) electrons. The van der Waals surface area contributed by atoms with Crippen LogP contribution in [0.15, 0.2) is 42.5 Å². The largest absolute Gasteiger partial charge is 0.494 e. The lowest BCUT2D eigenvalue weighted by molar-refractivity contribution is 0.271. The number of nitrogens with one attached hydrogen (secondary N) is 1. The number of fused-ring (bicyclic) bond motifs is 1. The molecular formula is C22H30N2O2. The Labute approximate surface area is 156 Å². The number of hydrogen-bond donors (Lipinski definition) is 2. The predicted molar refractivity (Wildman–Crippen MR) is 106 cm³/mol. The van der Waals surface area contributed by atoms with Crippen molar-refractivity contribution in [3.63, 3.8) is 0 Å². The van der Waals surface area contributed by atoms with Gasteiger partial charge in [-0.25, -0.2) is 0 Å². The van der Waals surface area contributed by atoms with Gasteiger partial charge in [-0.05, 0) is 50.8 Å². The molecule has 2 aromatic rings. The van der Waals surface area contributed by atoms with Gasteiger partial charge in [0.25, 0.3) is 0 Å². The lowest BCUT2D eigenvalue weighted by Gasteiger charge is -2.39. The monoisotopic (exact) mass is 354 g/mol. The zero-order valence-corrected chi connectivity index (χ0v) is 15.9. The molecule has 0 amide bonds. The van der Waals surface area contributed by atoms with Crippen molar-refractivity contribution in [3.8, 4) is 11.5 Å². The lowest BCUT2D eigenvalue weighted by Crippen LogP contribution is -2.54. The summed E-state index contributed by atoms with van der Waals surface area (Å²) in [5.41, 5.74) is 9.94. The van der Waals surface area contributed by atoms with Gasteiger partial charge in [-0.2, -0.15) is 0 Å². The highest BCUT2D eigenvalue weighted by Gasteiger charge is 2.35. The summed E-state index contributed by atoms with van der Waals surface area (Å²) in [6.07, 6.45) is 2.81. The Hall–Kier alpha value is -2.04. The second-order valence-corrected chi connectivity index (χ2v) is 6.89. The van der Waals surface area contributed by atoms with Gasteiger partial charge in [0, 0.05) is 29.8 Å². The van der Waals surface area contributed by atoms with E-state index >= 15 is 0 Å². The van der Waals surface area contributed by atoms with Gasteiger partial charge in [-0.15, -0.1) is 0 Å². The van der Waals surface area contributed by atoms with Gasteiger partial charge in [0.1, 0.15) is 11.5 Å². The first-order chi connectivity index (χ1) is 12.7. The predicted octanol–water partition coefficient (Wildman–Crippen LogP) is 3.46. The van der Waals surface area contributed by atoms with Crippen LogP contribution < -0.4 is 20.5 Å². The van der Waals surface area contributed by atoms with Gasteiger partial charge >= 0.3 is 0 Å². The van der Waals surface area contributed by atoms with Gasteiger partial charge in [0.05, 0.1) is 13.2 Å². The van der Waals surface area contributed by atoms with Crippen LogP contribution in [0, 0.1) is 0 Å². The Balaban J connectivity index is 1.86. The Morgan fingerprint density at radius 2 is 1.62 bits per heavy atom. The van der Waals surface area contributed by atoms with E-state index in [1.165, 1.54) is 16.7 Å². The second kappa shape index (κ2) is 8.56. The standard InChI is InChI=1S/C22H30N2O2/c1-3-25-20-10-11-21(26-4-2)19-14-22(16-23,13-12-18(19)20)24-15-17-8-6-5-7-9-17/h5-11,24H,3-4,12-16,23H2,1-2H3. The van der Waals surface area contributed by atoms with Crippen molar-refractivity contribution in [1.82, 2.24) is 5.32 Å². The van der Waals surface area contributed by atoms with Crippen molar-refractivity contribution in [2.24, 2.45) is 5.73 Å². The zero-order chi connectivity index (χ0) is 18.4. The fraction of sp³-hybridized carbons (Fsp3) is 0.455. The van der Waals surface area contributed by atoms with E-state index in [0.717, 1.165) is 37.3 Å². The molecule has 26 heavy (non-hydrogen) atoms. The topological polar surface area (TPSA) is 56.5 Å². The summed E-state index contributed by atoms with van der Waals surface area (Å²) in [6.45, 7) is 6.81. The third-order valence-corrected chi connectivity index (χ3v) is 5.21. The molecule has 1 unspecified atom stereocenters. The molecule has 0 aromatic heterocycles. The van der Waals surface area contributed by atoms with Crippen LogP contribution in [0.3, 0.4) is 0 Å². The quantitative estimate of drug-likeness (QED) is 0.762. The fourth-order valence-corrected chi connectivity index (χ4v) is 3.77. The molecule has 3 rings (SSSR count). The Kier molecular flexibility index (Phi) is 6.17. The molecule has 0 fully saturated rings. The first-order valence-corrected chi connectivity index (χ1v) is 9.60. The van der Waals surface area contributed by atoms with Crippen molar-refractivity contribution in [2.75, 3.05) is 19.8 Å². The Bertz CT molecular complexity index is 718. The normalized spacial score (nSPS) is 19.0. The number of nitrogens with two attached hydrogens (primary N) is 1. The van der Waals surface area contributed by atoms with Crippen molar-refractivity contribution in [2.45, 2.75) is 45.2 Å². The average Bonchev–Trinajstić information content (AvgIpc) is 2.69. The highest BCUT2D eigenvalue weighted by Crippen LogP contribution is 2.39. The molecule has 3 N–H and O–H groups in total. The molecule has 1 aliphatic carbocycles. The minimum Gasteiger partial charge on any atom is -0.494 e. The summed E-state index contributed by atoms with van der Waals surface area (Å²) in [6, 6.07) is 14.6. The van der Waals surface area contributed by atoms with Crippen LogP contribution in [0.5, 0.6) is 11.5 Å². The lowest BCUT2D eigenvalue weighted by atomic mass is 9.77. The van der Waals surface area contributed by atoms with Crippen LogP contribution in [0.25, 0.3) is 0 Å². The molecule has 0 heterocycles. The maximum Gasteiger partial charge on any atom is 0.123 e. The van der Waals surface area contributed by atoms with Crippen LogP contribution in [0.1, 0.15) is 37.0 Å². The van der Waals surface area contributed by atoms with Crippen LogP contribution >= 0.6 is 0 Å². The van der Waals surface area contributed by atoms with E-state index in [4.69, 9.17) is 15.2 Å². The zero-order valence-electron chi connectivity index (χ0n) is 15.9. The summed E-state index contributed by atoms with van der Waals surface area (Å²) in [5, 5.41) is 3.74. The minimum absolute atomic E-state index is 0.112. The van der Waals surface area contributed by atoms with Gasteiger partial charge in [0.2, 0.25) is 0 Å². The summed E-state index contributed by atoms with van der Waals surface area (Å²) < 4.78 is 11.8. The molecule has 4 heteroatoms. The first-order valence-electron chi connectivity index (χ1n) is 9.60. The third-order valence-electron chi connectivity index (χ3n) is 5.21. The van der Waals surface area contributed by atoms with Gasteiger partial charge in [0.15, 0.2) is 0 Å². The van der Waals surface area contributed by atoms with Crippen LogP contribution in [-0.2, 0) is 19.4 Å². The Morgan fingerprint density at radius 1 is 0.962 bits per heavy atom. The maximum atomic E-state index is 6.25. The molecule has 0 spiro atoms. The van der Waals surface area contributed by atoms with E-state index in [-0.39, 0.29) is 5.54 Å². The summed E-state index contributed by atoms with van der Waals surface area (Å²) in [5.74, 6) is 1.95. The summed E-state index contributed by atoms with van der Waals surface area (Å²) in [4.78, 5) is 0. The van der Waals surface area contributed by atoms with Crippen molar-refractivity contribution < 1.29 is 9.47 Å². The highest BCUT2D eigenvalue weighted by molar-refractivity contribution is 5.51. The number of benzene rings is 2. The van der Waals surface area contributed by atoms with E-state index in [0.29, 0.717) is 19.8 Å². The first kappa shape index (κ1) is 18.7. The average molecular weight is 354 g/mol. The molecule has 0 saturated carbocycles. The molecule has 140 valence electrons. The number of ether oxygens (including phenoxy) is 2. The second-order valence-electron chi connectivity index (χ2n) is 6.89. The number of hydrogen-bond acceptors (Lipinski definition) is 4. The van der Waals surface area contributed by atoms with Gasteiger partial charge in [-0.1, -0.05) is 30.3 Å². The van der Waals surface area contributed by atoms with Gasteiger partial charge in [-0.3, -0.25) is 0 Å². The SMILES string of the molecule is CCOc1ccc(OCC)c2c1CCC(CN)(NCc1ccccc1)C2.